The van der Waals surface area contributed by atoms with Gasteiger partial charge in [0, 0.05) is 11.7 Å². The molecule has 1 aromatic carbocycles. The summed E-state index contributed by atoms with van der Waals surface area (Å²) in [6, 6.07) is 9.19. The summed E-state index contributed by atoms with van der Waals surface area (Å²) in [7, 11) is 0. The summed E-state index contributed by atoms with van der Waals surface area (Å²) in [5.41, 5.74) is 2.44. The molecule has 1 heterocycles. The van der Waals surface area contributed by atoms with E-state index in [4.69, 9.17) is 0 Å². The molecule has 0 saturated heterocycles. The van der Waals surface area contributed by atoms with Gasteiger partial charge in [-0.15, -0.1) is 0 Å². The fourth-order valence-corrected chi connectivity index (χ4v) is 2.27. The van der Waals surface area contributed by atoms with E-state index in [1.807, 2.05) is 4.68 Å². The van der Waals surface area contributed by atoms with Crippen LogP contribution in [0.1, 0.15) is 45.1 Å². The Morgan fingerprint density at radius 2 is 2.00 bits per heavy atom. The molecular formula is C16H24N4. The Kier molecular flexibility index (Phi) is 5.59. The first kappa shape index (κ1) is 14.6. The van der Waals surface area contributed by atoms with E-state index in [0.29, 0.717) is 6.04 Å². The average molecular weight is 272 g/mol. The van der Waals surface area contributed by atoms with Gasteiger partial charge < -0.3 is 5.32 Å². The number of benzene rings is 1. The highest BCUT2D eigenvalue weighted by molar-refractivity contribution is 5.45. The molecule has 0 fully saturated rings. The Hall–Kier alpha value is -1.84. The normalized spacial score (nSPS) is 12.3. The van der Waals surface area contributed by atoms with E-state index in [1.54, 1.807) is 12.7 Å². The maximum Gasteiger partial charge on any atom is 0.137 e. The third-order valence-corrected chi connectivity index (χ3v) is 3.53. The Labute approximate surface area is 121 Å². The van der Waals surface area contributed by atoms with Crippen molar-refractivity contribution in [3.8, 4) is 0 Å². The molecule has 4 heteroatoms. The molecule has 1 atom stereocenters. The molecule has 0 spiro atoms. The van der Waals surface area contributed by atoms with Gasteiger partial charge in [-0.1, -0.05) is 38.8 Å². The molecule has 20 heavy (non-hydrogen) atoms. The van der Waals surface area contributed by atoms with Crippen LogP contribution in [-0.4, -0.2) is 20.8 Å². The minimum absolute atomic E-state index is 0.580. The Morgan fingerprint density at radius 1 is 1.20 bits per heavy atom. The van der Waals surface area contributed by atoms with Gasteiger partial charge >= 0.3 is 0 Å². The summed E-state index contributed by atoms with van der Waals surface area (Å²) in [5.74, 6) is 0. The van der Waals surface area contributed by atoms with Crippen molar-refractivity contribution in [2.24, 2.45) is 0 Å². The summed E-state index contributed by atoms with van der Waals surface area (Å²) in [6.07, 6.45) is 8.26. The third kappa shape index (κ3) is 4.37. The molecule has 1 aromatic heterocycles. The fraction of sp³-hybridized carbons (Fsp3) is 0.500. The number of hydrogen-bond donors (Lipinski definition) is 1. The molecule has 0 aliphatic carbocycles. The second kappa shape index (κ2) is 7.68. The molecule has 1 unspecified atom stereocenters. The molecule has 0 aliphatic heterocycles. The Balaban J connectivity index is 1.90. The number of nitrogens with one attached hydrogen (secondary N) is 1. The molecule has 0 amide bonds. The second-order valence-electron chi connectivity index (χ2n) is 5.18. The summed E-state index contributed by atoms with van der Waals surface area (Å²) in [5, 5.41) is 7.73. The van der Waals surface area contributed by atoms with Crippen molar-refractivity contribution in [1.29, 1.82) is 0 Å². The van der Waals surface area contributed by atoms with Gasteiger partial charge in [0.1, 0.15) is 12.7 Å². The van der Waals surface area contributed by atoms with Crippen molar-refractivity contribution in [2.75, 3.05) is 5.32 Å². The fourth-order valence-electron chi connectivity index (χ4n) is 2.27. The van der Waals surface area contributed by atoms with Gasteiger partial charge in [-0.25, -0.2) is 9.67 Å². The topological polar surface area (TPSA) is 42.7 Å². The molecule has 0 saturated carbocycles. The number of aromatic nitrogens is 3. The number of hydrogen-bond acceptors (Lipinski definition) is 3. The van der Waals surface area contributed by atoms with E-state index in [-0.39, 0.29) is 0 Å². The maximum absolute atomic E-state index is 4.12. The number of rotatable bonds is 8. The van der Waals surface area contributed by atoms with Crippen molar-refractivity contribution >= 4 is 5.69 Å². The number of unbranched alkanes of at least 4 members (excludes halogenated alkanes) is 1. The first-order chi connectivity index (χ1) is 9.81. The lowest BCUT2D eigenvalue weighted by Gasteiger charge is -2.18. The van der Waals surface area contributed by atoms with Crippen molar-refractivity contribution in [2.45, 2.75) is 52.1 Å². The van der Waals surface area contributed by atoms with E-state index in [2.05, 4.69) is 53.5 Å². The minimum Gasteiger partial charge on any atom is -0.382 e. The van der Waals surface area contributed by atoms with Crippen molar-refractivity contribution < 1.29 is 0 Å². The second-order valence-corrected chi connectivity index (χ2v) is 5.18. The van der Waals surface area contributed by atoms with Crippen LogP contribution in [0.3, 0.4) is 0 Å². The van der Waals surface area contributed by atoms with Crippen LogP contribution >= 0.6 is 0 Å². The lowest BCUT2D eigenvalue weighted by Crippen LogP contribution is -2.18. The quantitative estimate of drug-likeness (QED) is 0.796. The molecule has 1 N–H and O–H groups in total. The van der Waals surface area contributed by atoms with E-state index in [0.717, 1.165) is 6.54 Å². The lowest BCUT2D eigenvalue weighted by molar-refractivity contribution is 0.593. The average Bonchev–Trinajstić information content (AvgIpc) is 2.98. The van der Waals surface area contributed by atoms with Crippen LogP contribution in [0.15, 0.2) is 36.9 Å². The van der Waals surface area contributed by atoms with Crippen LogP contribution in [-0.2, 0) is 6.54 Å². The van der Waals surface area contributed by atoms with E-state index in [9.17, 15) is 0 Å². The van der Waals surface area contributed by atoms with Crippen molar-refractivity contribution in [1.82, 2.24) is 14.8 Å². The van der Waals surface area contributed by atoms with Gasteiger partial charge in [0.05, 0.1) is 6.54 Å². The first-order valence-electron chi connectivity index (χ1n) is 7.49. The number of anilines is 1. The molecule has 4 nitrogen and oxygen atoms in total. The largest absolute Gasteiger partial charge is 0.382 e. The molecule has 0 aliphatic rings. The predicted octanol–water partition coefficient (Wildman–Crippen LogP) is 3.71. The monoisotopic (exact) mass is 272 g/mol. The summed E-state index contributed by atoms with van der Waals surface area (Å²) in [6.45, 7) is 5.26. The van der Waals surface area contributed by atoms with E-state index >= 15 is 0 Å². The van der Waals surface area contributed by atoms with E-state index < -0.39 is 0 Å². The molecule has 2 aromatic rings. The van der Waals surface area contributed by atoms with Crippen LogP contribution in [0.2, 0.25) is 0 Å². The molecule has 0 radical (unpaired) electrons. The highest BCUT2D eigenvalue weighted by Gasteiger charge is 2.05. The Bertz CT molecular complexity index is 476. The maximum atomic E-state index is 4.12. The summed E-state index contributed by atoms with van der Waals surface area (Å²) in [4.78, 5) is 3.95. The Morgan fingerprint density at radius 3 is 2.60 bits per heavy atom. The van der Waals surface area contributed by atoms with Gasteiger partial charge in [-0.3, -0.25) is 0 Å². The highest BCUT2D eigenvalue weighted by Crippen LogP contribution is 2.15. The van der Waals surface area contributed by atoms with Gasteiger partial charge in [-0.05, 0) is 30.5 Å². The zero-order chi connectivity index (χ0) is 14.2. The molecular weight excluding hydrogens is 248 g/mol. The van der Waals surface area contributed by atoms with Crippen LogP contribution in [0, 0.1) is 0 Å². The van der Waals surface area contributed by atoms with Gasteiger partial charge in [0.25, 0.3) is 0 Å². The first-order valence-corrected chi connectivity index (χ1v) is 7.49. The third-order valence-electron chi connectivity index (χ3n) is 3.53. The van der Waals surface area contributed by atoms with Crippen LogP contribution in [0.5, 0.6) is 0 Å². The lowest BCUT2D eigenvalue weighted by atomic mass is 10.1. The highest BCUT2D eigenvalue weighted by atomic mass is 15.3. The van der Waals surface area contributed by atoms with Crippen LogP contribution in [0.25, 0.3) is 0 Å². The SMILES string of the molecule is CCCCC(CC)Nc1ccc(Cn2cncn2)cc1. The van der Waals surface area contributed by atoms with Gasteiger partial charge in [-0.2, -0.15) is 5.10 Å². The summed E-state index contributed by atoms with van der Waals surface area (Å²) < 4.78 is 1.83. The molecule has 0 bridgehead atoms. The smallest absolute Gasteiger partial charge is 0.137 e. The zero-order valence-corrected chi connectivity index (χ0v) is 12.4. The standard InChI is InChI=1S/C16H24N4/c1-3-5-6-15(4-2)19-16-9-7-14(8-10-16)11-20-13-17-12-18-20/h7-10,12-13,15,19H,3-6,11H2,1-2H3. The van der Waals surface area contributed by atoms with Crippen LogP contribution in [0.4, 0.5) is 5.69 Å². The van der Waals surface area contributed by atoms with Gasteiger partial charge in [0.15, 0.2) is 0 Å². The molecule has 2 rings (SSSR count). The predicted molar refractivity (Wildman–Crippen MR) is 82.8 cm³/mol. The number of nitrogens with zero attached hydrogens (tertiary/aromatic N) is 3. The van der Waals surface area contributed by atoms with Crippen molar-refractivity contribution in [3.63, 3.8) is 0 Å². The van der Waals surface area contributed by atoms with Crippen LogP contribution < -0.4 is 5.32 Å². The van der Waals surface area contributed by atoms with E-state index in [1.165, 1.54) is 36.9 Å². The van der Waals surface area contributed by atoms with Crippen molar-refractivity contribution in [3.05, 3.63) is 42.5 Å². The molecule has 108 valence electrons. The minimum atomic E-state index is 0.580. The van der Waals surface area contributed by atoms with Gasteiger partial charge in [0.2, 0.25) is 0 Å². The zero-order valence-electron chi connectivity index (χ0n) is 12.4. The summed E-state index contributed by atoms with van der Waals surface area (Å²) >= 11 is 0.